The number of pyridine rings is 1. The lowest BCUT2D eigenvalue weighted by molar-refractivity contribution is 0.102. The highest BCUT2D eigenvalue weighted by atomic mass is 19.2. The van der Waals surface area contributed by atoms with Crippen molar-refractivity contribution >= 4 is 23.1 Å². The van der Waals surface area contributed by atoms with Crippen LogP contribution < -0.4 is 15.4 Å². The summed E-state index contributed by atoms with van der Waals surface area (Å²) in [7, 11) is 0. The first kappa shape index (κ1) is 18.3. The maximum Gasteiger partial charge on any atom is 0.257 e. The Morgan fingerprint density at radius 3 is 2.59 bits per heavy atom. The smallest absolute Gasteiger partial charge is 0.257 e. The number of aromatic nitrogens is 1. The highest BCUT2D eigenvalue weighted by molar-refractivity contribution is 6.04. The van der Waals surface area contributed by atoms with Gasteiger partial charge < -0.3 is 15.4 Å². The Hall–Kier alpha value is -3.48. The fourth-order valence-electron chi connectivity index (χ4n) is 2.37. The number of hydrogen-bond acceptors (Lipinski definition) is 4. The van der Waals surface area contributed by atoms with E-state index in [1.54, 1.807) is 12.1 Å². The molecule has 7 heteroatoms. The Morgan fingerprint density at radius 2 is 1.89 bits per heavy atom. The number of amides is 1. The Balaban J connectivity index is 1.69. The second-order valence-electron chi connectivity index (χ2n) is 5.57. The molecule has 0 spiro atoms. The SMILES string of the molecule is CCOc1ccccc1Nc1ccc(C(=O)Nc2ccc(F)c(F)c2)cn1. The number of anilines is 3. The third kappa shape index (κ3) is 4.58. The number of carbonyl (C=O) groups is 1. The summed E-state index contributed by atoms with van der Waals surface area (Å²) in [4.78, 5) is 16.4. The third-order valence-electron chi connectivity index (χ3n) is 3.65. The molecule has 0 unspecified atom stereocenters. The molecule has 0 saturated heterocycles. The van der Waals surface area contributed by atoms with E-state index in [-0.39, 0.29) is 11.3 Å². The first-order valence-corrected chi connectivity index (χ1v) is 8.28. The van der Waals surface area contributed by atoms with Gasteiger partial charge in [0, 0.05) is 18.0 Å². The highest BCUT2D eigenvalue weighted by Gasteiger charge is 2.10. The van der Waals surface area contributed by atoms with Crippen LogP contribution in [0.1, 0.15) is 17.3 Å². The van der Waals surface area contributed by atoms with Crippen molar-refractivity contribution in [2.45, 2.75) is 6.92 Å². The predicted molar refractivity (Wildman–Crippen MR) is 99.4 cm³/mol. The molecule has 0 aliphatic carbocycles. The molecule has 1 amide bonds. The molecule has 2 aromatic carbocycles. The molecule has 0 saturated carbocycles. The molecule has 0 radical (unpaired) electrons. The van der Waals surface area contributed by atoms with Gasteiger partial charge in [-0.05, 0) is 43.3 Å². The van der Waals surface area contributed by atoms with E-state index in [0.717, 1.165) is 17.8 Å². The summed E-state index contributed by atoms with van der Waals surface area (Å²) in [5, 5.41) is 5.62. The zero-order valence-electron chi connectivity index (χ0n) is 14.5. The maximum absolute atomic E-state index is 13.2. The molecule has 0 atom stereocenters. The largest absolute Gasteiger partial charge is 0.492 e. The van der Waals surface area contributed by atoms with E-state index in [4.69, 9.17) is 4.74 Å². The van der Waals surface area contributed by atoms with Gasteiger partial charge in [0.2, 0.25) is 0 Å². The first-order chi connectivity index (χ1) is 13.1. The fraction of sp³-hybridized carbons (Fsp3) is 0.100. The van der Waals surface area contributed by atoms with Crippen LogP contribution in [0.5, 0.6) is 5.75 Å². The van der Waals surface area contributed by atoms with Crippen LogP contribution in [0, 0.1) is 11.6 Å². The number of hydrogen-bond donors (Lipinski definition) is 2. The monoisotopic (exact) mass is 369 g/mol. The van der Waals surface area contributed by atoms with Gasteiger partial charge in [-0.15, -0.1) is 0 Å². The van der Waals surface area contributed by atoms with Gasteiger partial charge in [-0.3, -0.25) is 4.79 Å². The molecule has 0 fully saturated rings. The van der Waals surface area contributed by atoms with Crippen molar-refractivity contribution in [1.29, 1.82) is 0 Å². The van der Waals surface area contributed by atoms with Gasteiger partial charge in [0.05, 0.1) is 17.9 Å². The third-order valence-corrected chi connectivity index (χ3v) is 3.65. The lowest BCUT2D eigenvalue weighted by Crippen LogP contribution is -2.12. The summed E-state index contributed by atoms with van der Waals surface area (Å²) in [6.07, 6.45) is 1.39. The van der Waals surface area contributed by atoms with Crippen LogP contribution in [0.2, 0.25) is 0 Å². The summed E-state index contributed by atoms with van der Waals surface area (Å²) in [6.45, 7) is 2.44. The van der Waals surface area contributed by atoms with E-state index in [2.05, 4.69) is 15.6 Å². The van der Waals surface area contributed by atoms with E-state index >= 15 is 0 Å². The molecular weight excluding hydrogens is 352 g/mol. The van der Waals surface area contributed by atoms with Gasteiger partial charge in [-0.2, -0.15) is 0 Å². The molecule has 0 aliphatic rings. The van der Waals surface area contributed by atoms with Gasteiger partial charge >= 0.3 is 0 Å². The lowest BCUT2D eigenvalue weighted by Gasteiger charge is -2.12. The van der Waals surface area contributed by atoms with Crippen LogP contribution in [0.3, 0.4) is 0 Å². The number of nitrogens with zero attached hydrogens (tertiary/aromatic N) is 1. The number of ether oxygens (including phenoxy) is 1. The number of benzene rings is 2. The molecular formula is C20H17F2N3O2. The van der Waals surface area contributed by atoms with Crippen molar-refractivity contribution in [3.05, 3.63) is 78.0 Å². The zero-order chi connectivity index (χ0) is 19.2. The summed E-state index contributed by atoms with van der Waals surface area (Å²) in [5.74, 6) is -1.25. The van der Waals surface area contributed by atoms with Crippen LogP contribution >= 0.6 is 0 Å². The Morgan fingerprint density at radius 1 is 1.07 bits per heavy atom. The Kier molecular flexibility index (Phi) is 5.61. The van der Waals surface area contributed by atoms with Gasteiger partial charge in [0.25, 0.3) is 5.91 Å². The van der Waals surface area contributed by atoms with Gasteiger partial charge in [0.15, 0.2) is 11.6 Å². The average Bonchev–Trinajstić information content (AvgIpc) is 2.67. The van der Waals surface area contributed by atoms with Gasteiger partial charge in [0.1, 0.15) is 11.6 Å². The summed E-state index contributed by atoms with van der Waals surface area (Å²) in [6, 6.07) is 13.8. The molecule has 1 aromatic heterocycles. The number of nitrogens with one attached hydrogen (secondary N) is 2. The number of para-hydroxylation sites is 2. The fourth-order valence-corrected chi connectivity index (χ4v) is 2.37. The van der Waals surface area contributed by atoms with E-state index < -0.39 is 17.5 Å². The molecule has 138 valence electrons. The molecule has 5 nitrogen and oxygen atoms in total. The maximum atomic E-state index is 13.2. The number of halogens is 2. The van der Waals surface area contributed by atoms with E-state index in [0.29, 0.717) is 18.2 Å². The van der Waals surface area contributed by atoms with Crippen molar-refractivity contribution in [1.82, 2.24) is 4.98 Å². The number of rotatable bonds is 6. The Labute approximate surface area is 155 Å². The standard InChI is InChI=1S/C20H17F2N3O2/c1-2-27-18-6-4-3-5-17(18)25-19-10-7-13(12-23-19)20(26)24-14-8-9-15(21)16(22)11-14/h3-12H,2H2,1H3,(H,23,25)(H,24,26). The molecule has 3 rings (SSSR count). The number of carbonyl (C=O) groups excluding carboxylic acids is 1. The first-order valence-electron chi connectivity index (χ1n) is 8.28. The van der Waals surface area contributed by atoms with E-state index in [1.165, 1.54) is 12.3 Å². The minimum absolute atomic E-state index is 0.159. The van der Waals surface area contributed by atoms with Gasteiger partial charge in [-0.1, -0.05) is 12.1 Å². The van der Waals surface area contributed by atoms with E-state index in [9.17, 15) is 13.6 Å². The minimum atomic E-state index is -1.03. The summed E-state index contributed by atoms with van der Waals surface area (Å²) in [5.41, 5.74) is 1.20. The topological polar surface area (TPSA) is 63.2 Å². The van der Waals surface area contributed by atoms with Crippen molar-refractivity contribution in [2.75, 3.05) is 17.2 Å². The molecule has 27 heavy (non-hydrogen) atoms. The average molecular weight is 369 g/mol. The normalized spacial score (nSPS) is 10.3. The quantitative estimate of drug-likeness (QED) is 0.658. The second kappa shape index (κ2) is 8.27. The minimum Gasteiger partial charge on any atom is -0.492 e. The second-order valence-corrected chi connectivity index (χ2v) is 5.57. The lowest BCUT2D eigenvalue weighted by atomic mass is 10.2. The molecule has 2 N–H and O–H groups in total. The zero-order valence-corrected chi connectivity index (χ0v) is 14.5. The predicted octanol–water partition coefficient (Wildman–Crippen LogP) is 4.75. The molecule has 3 aromatic rings. The van der Waals surface area contributed by atoms with Crippen LogP contribution in [0.4, 0.5) is 26.0 Å². The van der Waals surface area contributed by atoms with Crippen LogP contribution in [0.25, 0.3) is 0 Å². The van der Waals surface area contributed by atoms with Crippen LogP contribution in [-0.4, -0.2) is 17.5 Å². The van der Waals surface area contributed by atoms with Gasteiger partial charge in [-0.25, -0.2) is 13.8 Å². The van der Waals surface area contributed by atoms with Crippen LogP contribution in [-0.2, 0) is 0 Å². The van der Waals surface area contributed by atoms with Crippen molar-refractivity contribution in [3.63, 3.8) is 0 Å². The molecule has 0 bridgehead atoms. The van der Waals surface area contributed by atoms with Crippen molar-refractivity contribution in [2.24, 2.45) is 0 Å². The molecule has 0 aliphatic heterocycles. The molecule has 1 heterocycles. The highest BCUT2D eigenvalue weighted by Crippen LogP contribution is 2.26. The summed E-state index contributed by atoms with van der Waals surface area (Å²) >= 11 is 0. The van der Waals surface area contributed by atoms with E-state index in [1.807, 2.05) is 31.2 Å². The van der Waals surface area contributed by atoms with Crippen molar-refractivity contribution < 1.29 is 18.3 Å². The van der Waals surface area contributed by atoms with Crippen molar-refractivity contribution in [3.8, 4) is 5.75 Å². The Bertz CT molecular complexity index is 946. The summed E-state index contributed by atoms with van der Waals surface area (Å²) < 4.78 is 31.7. The van der Waals surface area contributed by atoms with Crippen LogP contribution in [0.15, 0.2) is 60.8 Å².